The van der Waals surface area contributed by atoms with Crippen LogP contribution in [0.2, 0.25) is 0 Å². The van der Waals surface area contributed by atoms with Crippen molar-refractivity contribution in [3.8, 4) is 0 Å². The molecule has 0 aromatic carbocycles. The maximum atomic E-state index is 9.09. The van der Waals surface area contributed by atoms with Crippen molar-refractivity contribution < 1.29 is 0 Å². The highest BCUT2D eigenvalue weighted by molar-refractivity contribution is 6.10. The van der Waals surface area contributed by atoms with Crippen LogP contribution in [0.25, 0.3) is 0 Å². The minimum absolute atomic E-state index is 0.388. The smallest absolute Gasteiger partial charge is 0.0600 e. The summed E-state index contributed by atoms with van der Waals surface area (Å²) >= 11 is 0. The Hall–Kier alpha value is -1.11. The molecule has 0 bridgehead atoms. The van der Waals surface area contributed by atoms with Gasteiger partial charge in [0.2, 0.25) is 0 Å². The van der Waals surface area contributed by atoms with Crippen molar-refractivity contribution in [1.29, 1.82) is 5.41 Å². The second-order valence-corrected chi connectivity index (χ2v) is 11.5. The van der Waals surface area contributed by atoms with Crippen LogP contribution in [0.15, 0.2) is 35.5 Å². The van der Waals surface area contributed by atoms with Gasteiger partial charge in [-0.25, -0.2) is 0 Å². The van der Waals surface area contributed by atoms with Gasteiger partial charge in [-0.15, -0.1) is 0 Å². The van der Waals surface area contributed by atoms with E-state index < -0.39 is 0 Å². The lowest BCUT2D eigenvalue weighted by molar-refractivity contribution is 0.351. The van der Waals surface area contributed by atoms with Crippen LogP contribution in [-0.4, -0.2) is 5.71 Å². The van der Waals surface area contributed by atoms with E-state index in [1.54, 1.807) is 0 Å². The van der Waals surface area contributed by atoms with Crippen molar-refractivity contribution in [2.75, 3.05) is 0 Å². The molecule has 5 unspecified atom stereocenters. The highest BCUT2D eigenvalue weighted by Crippen LogP contribution is 2.34. The molecule has 5 atom stereocenters. The molecule has 0 amide bonds. The standard InChI is InChI=1S/C31H55N/c1-10-23(4)20-24(5)16-15-17-25(6)21-26(7)28(9)31(32)30-19-14-12-11-13-18-29(30)27(8)22(2)3/h11,13,22-27,32H,9-10,12,14-21H2,1-8H3. The zero-order chi connectivity index (χ0) is 24.3. The number of rotatable bonds is 14. The normalized spacial score (nSPS) is 19.8. The molecule has 1 rings (SSSR count). The van der Waals surface area contributed by atoms with E-state index in [2.05, 4.69) is 74.1 Å². The Labute approximate surface area is 201 Å². The van der Waals surface area contributed by atoms with Crippen molar-refractivity contribution >= 4 is 5.71 Å². The summed E-state index contributed by atoms with van der Waals surface area (Å²) in [4.78, 5) is 0. The second-order valence-electron chi connectivity index (χ2n) is 11.5. The molecule has 0 aromatic heterocycles. The van der Waals surface area contributed by atoms with Crippen molar-refractivity contribution in [2.24, 2.45) is 35.5 Å². The Kier molecular flexibility index (Phi) is 13.5. The Morgan fingerprint density at radius 2 is 1.56 bits per heavy atom. The molecule has 0 heterocycles. The number of allylic oxidation sites excluding steroid dienone is 5. The minimum atomic E-state index is 0.388. The molecule has 0 radical (unpaired) electrons. The molecule has 0 saturated carbocycles. The van der Waals surface area contributed by atoms with Gasteiger partial charge < -0.3 is 5.41 Å². The van der Waals surface area contributed by atoms with Crippen molar-refractivity contribution in [2.45, 2.75) is 120 Å². The van der Waals surface area contributed by atoms with E-state index >= 15 is 0 Å². The Balaban J connectivity index is 2.71. The van der Waals surface area contributed by atoms with Gasteiger partial charge in [-0.2, -0.15) is 0 Å². The van der Waals surface area contributed by atoms with Crippen molar-refractivity contribution in [3.05, 3.63) is 35.5 Å². The third-order valence-corrected chi connectivity index (χ3v) is 8.11. The molecule has 1 aliphatic carbocycles. The van der Waals surface area contributed by atoms with Crippen LogP contribution in [0.1, 0.15) is 120 Å². The van der Waals surface area contributed by atoms with Gasteiger partial charge in [0.1, 0.15) is 0 Å². The first-order chi connectivity index (χ1) is 15.1. The summed E-state index contributed by atoms with van der Waals surface area (Å²) in [5.41, 5.74) is 4.61. The third-order valence-electron chi connectivity index (χ3n) is 8.11. The minimum Gasteiger partial charge on any atom is -0.300 e. The summed E-state index contributed by atoms with van der Waals surface area (Å²) in [5.74, 6) is 3.92. The van der Waals surface area contributed by atoms with Gasteiger partial charge >= 0.3 is 0 Å². The average molecular weight is 442 g/mol. The molecule has 0 saturated heterocycles. The lowest BCUT2D eigenvalue weighted by atomic mass is 9.78. The summed E-state index contributed by atoms with van der Waals surface area (Å²) in [6.45, 7) is 23.2. The fraction of sp³-hybridized carbons (Fsp3) is 0.774. The zero-order valence-corrected chi connectivity index (χ0v) is 22.9. The van der Waals surface area contributed by atoms with Crippen LogP contribution in [0.4, 0.5) is 0 Å². The van der Waals surface area contributed by atoms with E-state index in [0.717, 1.165) is 55.2 Å². The van der Waals surface area contributed by atoms with Crippen LogP contribution >= 0.6 is 0 Å². The van der Waals surface area contributed by atoms with Crippen LogP contribution in [0.3, 0.4) is 0 Å². The third kappa shape index (κ3) is 9.80. The first-order valence-corrected chi connectivity index (χ1v) is 13.7. The fourth-order valence-corrected chi connectivity index (χ4v) is 5.25. The largest absolute Gasteiger partial charge is 0.300 e. The van der Waals surface area contributed by atoms with Gasteiger partial charge in [0.15, 0.2) is 0 Å². The lowest BCUT2D eigenvalue weighted by Gasteiger charge is -2.27. The predicted octanol–water partition coefficient (Wildman–Crippen LogP) is 10.2. The molecule has 1 nitrogen and oxygen atoms in total. The molecule has 0 aliphatic heterocycles. The van der Waals surface area contributed by atoms with E-state index in [-0.39, 0.29) is 0 Å². The second kappa shape index (κ2) is 14.9. The highest BCUT2D eigenvalue weighted by Gasteiger charge is 2.23. The van der Waals surface area contributed by atoms with E-state index in [1.807, 2.05) is 0 Å². The summed E-state index contributed by atoms with van der Waals surface area (Å²) in [5, 5.41) is 9.09. The van der Waals surface area contributed by atoms with Gasteiger partial charge in [-0.3, -0.25) is 0 Å². The lowest BCUT2D eigenvalue weighted by Crippen LogP contribution is -2.19. The number of hydrogen-bond acceptors (Lipinski definition) is 1. The zero-order valence-electron chi connectivity index (χ0n) is 22.9. The SMILES string of the molecule is C=C(C(=N)C1=C(C(C)C(C)C)CC=CCCC1)C(C)CC(C)CCCC(C)CC(C)CC. The molecule has 184 valence electrons. The van der Waals surface area contributed by atoms with E-state index in [1.165, 1.54) is 43.3 Å². The van der Waals surface area contributed by atoms with Gasteiger partial charge in [-0.1, -0.05) is 105 Å². The van der Waals surface area contributed by atoms with E-state index in [4.69, 9.17) is 5.41 Å². The average Bonchev–Trinajstić information content (AvgIpc) is 2.71. The van der Waals surface area contributed by atoms with E-state index in [9.17, 15) is 0 Å². The molecule has 1 N–H and O–H groups in total. The Morgan fingerprint density at radius 3 is 2.16 bits per heavy atom. The topological polar surface area (TPSA) is 23.9 Å². The van der Waals surface area contributed by atoms with Crippen LogP contribution in [-0.2, 0) is 0 Å². The van der Waals surface area contributed by atoms with E-state index in [0.29, 0.717) is 23.7 Å². The molecule has 0 aromatic rings. The summed E-state index contributed by atoms with van der Waals surface area (Å²) in [6, 6.07) is 0. The van der Waals surface area contributed by atoms with Crippen molar-refractivity contribution in [1.82, 2.24) is 0 Å². The maximum absolute atomic E-state index is 9.09. The number of nitrogens with one attached hydrogen (secondary N) is 1. The summed E-state index contributed by atoms with van der Waals surface area (Å²) in [7, 11) is 0. The number of hydrogen-bond donors (Lipinski definition) is 1. The Bertz CT molecular complexity index is 635. The molecule has 0 spiro atoms. The molecular formula is C31H55N. The van der Waals surface area contributed by atoms with Crippen LogP contribution < -0.4 is 0 Å². The van der Waals surface area contributed by atoms with Gasteiger partial charge in [0.05, 0.1) is 5.71 Å². The van der Waals surface area contributed by atoms with Crippen molar-refractivity contribution in [3.63, 3.8) is 0 Å². The van der Waals surface area contributed by atoms with Crippen LogP contribution in [0.5, 0.6) is 0 Å². The highest BCUT2D eigenvalue weighted by atomic mass is 14.5. The van der Waals surface area contributed by atoms with Crippen LogP contribution in [0, 0.1) is 40.9 Å². The molecule has 0 fully saturated rings. The molecule has 1 aliphatic rings. The first-order valence-electron chi connectivity index (χ1n) is 13.7. The quantitative estimate of drug-likeness (QED) is 0.205. The fourth-order valence-electron chi connectivity index (χ4n) is 5.25. The van der Waals surface area contributed by atoms with Gasteiger partial charge in [-0.05, 0) is 85.2 Å². The van der Waals surface area contributed by atoms with Gasteiger partial charge in [0.25, 0.3) is 0 Å². The summed E-state index contributed by atoms with van der Waals surface area (Å²) < 4.78 is 0. The summed E-state index contributed by atoms with van der Waals surface area (Å²) in [6.07, 6.45) is 16.8. The first kappa shape index (κ1) is 28.9. The molecule has 32 heavy (non-hydrogen) atoms. The molecule has 1 heteroatoms. The van der Waals surface area contributed by atoms with Gasteiger partial charge in [0, 0.05) is 0 Å². The predicted molar refractivity (Wildman–Crippen MR) is 146 cm³/mol. The maximum Gasteiger partial charge on any atom is 0.0600 e. The Morgan fingerprint density at radius 1 is 0.938 bits per heavy atom. The molecular weight excluding hydrogens is 386 g/mol. The monoisotopic (exact) mass is 441 g/mol.